The maximum atomic E-state index is 12.1. The Morgan fingerprint density at radius 2 is 2.21 bits per heavy atom. The highest BCUT2D eigenvalue weighted by Crippen LogP contribution is 2.21. The molecule has 0 unspecified atom stereocenters. The summed E-state index contributed by atoms with van der Waals surface area (Å²) < 4.78 is 0. The number of nitrogens with one attached hydrogen (secondary N) is 1. The molecular formula is C13H16N2O3S. The van der Waals surface area contributed by atoms with Crippen LogP contribution in [0.4, 0.5) is 5.69 Å². The van der Waals surface area contributed by atoms with Gasteiger partial charge in [-0.05, 0) is 31.7 Å². The topological polar surface area (TPSA) is 69.6 Å². The third-order valence-corrected chi connectivity index (χ3v) is 3.58. The largest absolute Gasteiger partial charge is 0.478 e. The van der Waals surface area contributed by atoms with Crippen LogP contribution in [0.15, 0.2) is 24.3 Å². The van der Waals surface area contributed by atoms with Gasteiger partial charge in [0.25, 0.3) is 0 Å². The van der Waals surface area contributed by atoms with Crippen LogP contribution >= 0.6 is 12.6 Å². The summed E-state index contributed by atoms with van der Waals surface area (Å²) in [6, 6.07) is 6.02. The first kappa shape index (κ1) is 13.9. The van der Waals surface area contributed by atoms with Gasteiger partial charge in [-0.2, -0.15) is 12.6 Å². The molecule has 1 aliphatic rings. The van der Waals surface area contributed by atoms with Gasteiger partial charge in [-0.3, -0.25) is 9.69 Å². The first-order valence-corrected chi connectivity index (χ1v) is 6.51. The standard InChI is InChI=1S/C13H16N2O3S/c1-15-7-10(19)6-11(15)12(16)14-9-4-2-3-8(5-9)13(17)18/h2-5,10-11,19H,6-7H2,1H3,(H,14,16)(H,17,18)/t10-,11-/m0/s1. The molecule has 2 rings (SSSR count). The number of anilines is 1. The average Bonchev–Trinajstić information content (AvgIpc) is 2.69. The summed E-state index contributed by atoms with van der Waals surface area (Å²) in [5, 5.41) is 11.9. The number of benzene rings is 1. The molecular weight excluding hydrogens is 264 g/mol. The van der Waals surface area contributed by atoms with Gasteiger partial charge in [0, 0.05) is 17.5 Å². The zero-order valence-electron chi connectivity index (χ0n) is 10.5. The third-order valence-electron chi connectivity index (χ3n) is 3.21. The minimum Gasteiger partial charge on any atom is -0.478 e. The number of thiol groups is 1. The van der Waals surface area contributed by atoms with Crippen LogP contribution in [0.25, 0.3) is 0 Å². The summed E-state index contributed by atoms with van der Waals surface area (Å²) in [6.07, 6.45) is 0.698. The number of hydrogen-bond acceptors (Lipinski definition) is 4. The molecule has 0 bridgehead atoms. The molecule has 102 valence electrons. The summed E-state index contributed by atoms with van der Waals surface area (Å²) >= 11 is 4.38. The molecule has 1 heterocycles. The Labute approximate surface area is 117 Å². The van der Waals surface area contributed by atoms with Crippen LogP contribution in [0.3, 0.4) is 0 Å². The summed E-state index contributed by atoms with van der Waals surface area (Å²) in [7, 11) is 1.88. The Bertz CT molecular complexity index is 506. The molecule has 6 heteroatoms. The van der Waals surface area contributed by atoms with Crippen LogP contribution < -0.4 is 5.32 Å². The molecule has 2 N–H and O–H groups in total. The van der Waals surface area contributed by atoms with Crippen molar-refractivity contribution in [1.82, 2.24) is 4.90 Å². The van der Waals surface area contributed by atoms with E-state index in [0.29, 0.717) is 12.1 Å². The molecule has 1 aromatic rings. The van der Waals surface area contributed by atoms with Gasteiger partial charge in [0.05, 0.1) is 11.6 Å². The zero-order valence-corrected chi connectivity index (χ0v) is 11.4. The van der Waals surface area contributed by atoms with Crippen molar-refractivity contribution in [2.45, 2.75) is 17.7 Å². The summed E-state index contributed by atoms with van der Waals surface area (Å²) in [5.41, 5.74) is 0.658. The number of carboxylic acid groups (broad SMARTS) is 1. The minimum atomic E-state index is -1.01. The molecule has 1 saturated heterocycles. The number of rotatable bonds is 3. The van der Waals surface area contributed by atoms with E-state index < -0.39 is 5.97 Å². The molecule has 0 spiro atoms. The second kappa shape index (κ2) is 5.63. The smallest absolute Gasteiger partial charge is 0.335 e. The van der Waals surface area contributed by atoms with Crippen molar-refractivity contribution in [2.75, 3.05) is 18.9 Å². The van der Waals surface area contributed by atoms with Crippen LogP contribution in [0.5, 0.6) is 0 Å². The van der Waals surface area contributed by atoms with E-state index in [0.717, 1.165) is 6.54 Å². The predicted octanol–water partition coefficient (Wildman–Crippen LogP) is 1.33. The van der Waals surface area contributed by atoms with Crippen molar-refractivity contribution in [3.63, 3.8) is 0 Å². The second-order valence-corrected chi connectivity index (χ2v) is 5.45. The van der Waals surface area contributed by atoms with Gasteiger partial charge in [0.1, 0.15) is 0 Å². The summed E-state index contributed by atoms with van der Waals surface area (Å²) in [6.45, 7) is 0.774. The number of hydrogen-bond donors (Lipinski definition) is 3. The predicted molar refractivity (Wildman–Crippen MR) is 75.8 cm³/mol. The van der Waals surface area contributed by atoms with E-state index in [1.807, 2.05) is 11.9 Å². The van der Waals surface area contributed by atoms with E-state index in [2.05, 4.69) is 17.9 Å². The molecule has 19 heavy (non-hydrogen) atoms. The summed E-state index contributed by atoms with van der Waals surface area (Å²) in [5.74, 6) is -1.13. The molecule has 2 atom stereocenters. The van der Waals surface area contributed by atoms with Crippen molar-refractivity contribution >= 4 is 30.2 Å². The molecule has 1 aromatic carbocycles. The van der Waals surface area contributed by atoms with Gasteiger partial charge in [-0.1, -0.05) is 6.07 Å². The SMILES string of the molecule is CN1C[C@@H](S)C[C@H]1C(=O)Nc1cccc(C(=O)O)c1. The fourth-order valence-electron chi connectivity index (χ4n) is 2.23. The van der Waals surface area contributed by atoms with Crippen LogP contribution in [-0.2, 0) is 4.79 Å². The summed E-state index contributed by atoms with van der Waals surface area (Å²) in [4.78, 5) is 24.9. The number of amides is 1. The van der Waals surface area contributed by atoms with Crippen LogP contribution in [0, 0.1) is 0 Å². The number of carbonyl (C=O) groups is 2. The average molecular weight is 280 g/mol. The van der Waals surface area contributed by atoms with Gasteiger partial charge in [0.15, 0.2) is 0 Å². The van der Waals surface area contributed by atoms with Crippen molar-refractivity contribution in [3.8, 4) is 0 Å². The lowest BCUT2D eigenvalue weighted by Crippen LogP contribution is -2.37. The Morgan fingerprint density at radius 3 is 2.79 bits per heavy atom. The van der Waals surface area contributed by atoms with Crippen LogP contribution in [0.2, 0.25) is 0 Å². The zero-order chi connectivity index (χ0) is 14.0. The number of carboxylic acids is 1. The molecule has 0 aliphatic carbocycles. The maximum Gasteiger partial charge on any atom is 0.335 e. The molecule has 5 nitrogen and oxygen atoms in total. The molecule has 1 fully saturated rings. The lowest BCUT2D eigenvalue weighted by atomic mass is 10.1. The Kier molecular flexibility index (Phi) is 4.11. The lowest BCUT2D eigenvalue weighted by molar-refractivity contribution is -0.119. The van der Waals surface area contributed by atoms with Crippen molar-refractivity contribution in [1.29, 1.82) is 0 Å². The maximum absolute atomic E-state index is 12.1. The van der Waals surface area contributed by atoms with Gasteiger partial charge in [-0.25, -0.2) is 4.79 Å². The number of nitrogens with zero attached hydrogens (tertiary/aromatic N) is 1. The van der Waals surface area contributed by atoms with Gasteiger partial charge in [-0.15, -0.1) is 0 Å². The van der Waals surface area contributed by atoms with Crippen LogP contribution in [-0.4, -0.2) is 46.8 Å². The first-order chi connectivity index (χ1) is 8.97. The highest BCUT2D eigenvalue weighted by molar-refractivity contribution is 7.81. The molecule has 0 aromatic heterocycles. The molecule has 1 amide bonds. The normalized spacial score (nSPS) is 23.3. The number of likely N-dealkylation sites (tertiary alicyclic amines) is 1. The number of carbonyl (C=O) groups excluding carboxylic acids is 1. The van der Waals surface area contributed by atoms with E-state index in [1.165, 1.54) is 12.1 Å². The minimum absolute atomic E-state index is 0.124. The van der Waals surface area contributed by atoms with Crippen molar-refractivity contribution in [2.24, 2.45) is 0 Å². The van der Waals surface area contributed by atoms with Crippen molar-refractivity contribution in [3.05, 3.63) is 29.8 Å². The highest BCUT2D eigenvalue weighted by Gasteiger charge is 2.32. The van der Waals surface area contributed by atoms with E-state index in [-0.39, 0.29) is 22.8 Å². The number of aromatic carboxylic acids is 1. The quantitative estimate of drug-likeness (QED) is 0.731. The first-order valence-electron chi connectivity index (χ1n) is 6.00. The lowest BCUT2D eigenvalue weighted by Gasteiger charge is -2.18. The third kappa shape index (κ3) is 3.27. The molecule has 1 aliphatic heterocycles. The van der Waals surface area contributed by atoms with Gasteiger partial charge >= 0.3 is 5.97 Å². The Balaban J connectivity index is 2.07. The fourth-order valence-corrected chi connectivity index (χ4v) is 2.69. The van der Waals surface area contributed by atoms with E-state index in [1.54, 1.807) is 12.1 Å². The monoisotopic (exact) mass is 280 g/mol. The fraction of sp³-hybridized carbons (Fsp3) is 0.385. The molecule has 0 radical (unpaired) electrons. The highest BCUT2D eigenvalue weighted by atomic mass is 32.1. The van der Waals surface area contributed by atoms with Crippen molar-refractivity contribution < 1.29 is 14.7 Å². The van der Waals surface area contributed by atoms with E-state index >= 15 is 0 Å². The number of likely N-dealkylation sites (N-methyl/N-ethyl adjacent to an activating group) is 1. The Morgan fingerprint density at radius 1 is 1.47 bits per heavy atom. The molecule has 0 saturated carbocycles. The van der Waals surface area contributed by atoms with Gasteiger partial charge in [0.2, 0.25) is 5.91 Å². The Hall–Kier alpha value is -1.53. The van der Waals surface area contributed by atoms with Gasteiger partial charge < -0.3 is 10.4 Å². The van der Waals surface area contributed by atoms with Crippen LogP contribution in [0.1, 0.15) is 16.8 Å². The second-order valence-electron chi connectivity index (χ2n) is 4.72. The van der Waals surface area contributed by atoms with E-state index in [9.17, 15) is 9.59 Å². The van der Waals surface area contributed by atoms with E-state index in [4.69, 9.17) is 5.11 Å².